The standard InChI is InChI=1S/C51H95NO5/c1-4-7-10-13-16-19-22-24-26-29-32-35-38-41-44-51(56)57-47(42-39-36-33-30-28-25-23-20-17-14-11-8-5-2)45-50(55)52-48(46-53)49(54)43-40-37-34-31-27-21-18-15-12-9-6-3/h7,10,16,19,24,26,47-49,53-54H,4-6,8-9,11-15,17-18,20-23,25,27-46H2,1-3H3,(H,52,55)/b10-7+,19-16+,26-24+. The third-order valence-electron chi connectivity index (χ3n) is 11.2. The molecule has 0 heterocycles. The van der Waals surface area contributed by atoms with Crippen molar-refractivity contribution in [3.8, 4) is 0 Å². The third kappa shape index (κ3) is 40.6. The molecule has 0 aliphatic rings. The van der Waals surface area contributed by atoms with E-state index in [1.54, 1.807) is 0 Å². The Morgan fingerprint density at radius 2 is 0.947 bits per heavy atom. The molecule has 3 N–H and O–H groups in total. The summed E-state index contributed by atoms with van der Waals surface area (Å²) in [6, 6.07) is -0.701. The van der Waals surface area contributed by atoms with Crippen molar-refractivity contribution in [2.45, 2.75) is 270 Å². The number of aliphatic hydroxyl groups is 2. The Balaban J connectivity index is 4.60. The quantitative estimate of drug-likeness (QED) is 0.0324. The van der Waals surface area contributed by atoms with E-state index in [1.807, 2.05) is 0 Å². The topological polar surface area (TPSA) is 95.9 Å². The van der Waals surface area contributed by atoms with Crippen molar-refractivity contribution in [3.63, 3.8) is 0 Å². The number of allylic oxidation sites excluding steroid dienone is 6. The van der Waals surface area contributed by atoms with Gasteiger partial charge in [-0.2, -0.15) is 0 Å². The van der Waals surface area contributed by atoms with Gasteiger partial charge in [-0.1, -0.05) is 218 Å². The molecule has 0 aromatic heterocycles. The van der Waals surface area contributed by atoms with Crippen LogP contribution in [0.25, 0.3) is 0 Å². The summed E-state index contributed by atoms with van der Waals surface area (Å²) in [7, 11) is 0. The third-order valence-corrected chi connectivity index (χ3v) is 11.2. The number of carbonyl (C=O) groups is 2. The van der Waals surface area contributed by atoms with Gasteiger partial charge in [0.15, 0.2) is 0 Å². The Hall–Kier alpha value is -1.92. The highest BCUT2D eigenvalue weighted by Crippen LogP contribution is 2.18. The van der Waals surface area contributed by atoms with E-state index in [-0.39, 0.29) is 24.9 Å². The molecule has 0 aliphatic heterocycles. The summed E-state index contributed by atoms with van der Waals surface area (Å²) in [5.74, 6) is -0.491. The van der Waals surface area contributed by atoms with E-state index in [1.165, 1.54) is 122 Å². The molecule has 0 bridgehead atoms. The van der Waals surface area contributed by atoms with E-state index in [4.69, 9.17) is 4.74 Å². The van der Waals surface area contributed by atoms with E-state index in [9.17, 15) is 19.8 Å². The number of rotatable bonds is 44. The van der Waals surface area contributed by atoms with Gasteiger partial charge in [0.25, 0.3) is 0 Å². The lowest BCUT2D eigenvalue weighted by Crippen LogP contribution is -2.46. The van der Waals surface area contributed by atoms with E-state index >= 15 is 0 Å². The number of esters is 1. The molecule has 334 valence electrons. The van der Waals surface area contributed by atoms with Crippen molar-refractivity contribution < 1.29 is 24.5 Å². The predicted molar refractivity (Wildman–Crippen MR) is 246 cm³/mol. The molecule has 0 aliphatic carbocycles. The summed E-state index contributed by atoms with van der Waals surface area (Å²) in [4.78, 5) is 26.1. The molecule has 3 atom stereocenters. The second-order valence-electron chi connectivity index (χ2n) is 16.8. The zero-order chi connectivity index (χ0) is 41.7. The average Bonchev–Trinajstić information content (AvgIpc) is 3.20. The van der Waals surface area contributed by atoms with Crippen molar-refractivity contribution in [3.05, 3.63) is 36.5 Å². The lowest BCUT2D eigenvalue weighted by Gasteiger charge is -2.24. The minimum absolute atomic E-state index is 0.0720. The number of ether oxygens (including phenoxy) is 1. The number of carbonyl (C=O) groups excluding carboxylic acids is 2. The lowest BCUT2D eigenvalue weighted by molar-refractivity contribution is -0.151. The number of hydrogen-bond donors (Lipinski definition) is 3. The van der Waals surface area contributed by atoms with Crippen LogP contribution in [0.4, 0.5) is 0 Å². The molecule has 3 unspecified atom stereocenters. The van der Waals surface area contributed by atoms with Gasteiger partial charge in [-0.25, -0.2) is 0 Å². The zero-order valence-electron chi connectivity index (χ0n) is 38.0. The largest absolute Gasteiger partial charge is 0.462 e. The highest BCUT2D eigenvalue weighted by Gasteiger charge is 2.24. The molecule has 0 saturated carbocycles. The van der Waals surface area contributed by atoms with Gasteiger partial charge in [0.05, 0.1) is 25.2 Å². The minimum atomic E-state index is -0.787. The van der Waals surface area contributed by atoms with Gasteiger partial charge in [-0.05, 0) is 57.8 Å². The zero-order valence-corrected chi connectivity index (χ0v) is 38.0. The molecule has 1 amide bonds. The first kappa shape index (κ1) is 55.1. The maximum absolute atomic E-state index is 13.2. The Morgan fingerprint density at radius 1 is 0.526 bits per heavy atom. The van der Waals surface area contributed by atoms with E-state index < -0.39 is 18.2 Å². The fraction of sp³-hybridized carbons (Fsp3) is 0.843. The molecule has 6 nitrogen and oxygen atoms in total. The molecule has 0 spiro atoms. The molecule has 57 heavy (non-hydrogen) atoms. The first-order valence-electron chi connectivity index (χ1n) is 24.7. The van der Waals surface area contributed by atoms with Crippen LogP contribution in [0.5, 0.6) is 0 Å². The molecule has 0 fully saturated rings. The fourth-order valence-electron chi connectivity index (χ4n) is 7.50. The van der Waals surface area contributed by atoms with Crippen LogP contribution in [0.3, 0.4) is 0 Å². The van der Waals surface area contributed by atoms with Gasteiger partial charge >= 0.3 is 5.97 Å². The van der Waals surface area contributed by atoms with Gasteiger partial charge in [0.1, 0.15) is 6.10 Å². The first-order valence-corrected chi connectivity index (χ1v) is 24.7. The minimum Gasteiger partial charge on any atom is -0.462 e. The Labute approximate surface area is 353 Å². The SMILES string of the molecule is CC/C=C/C/C=C/C/C=C/CCCCCCC(=O)OC(CCCCCCCCCCCCCCC)CC(=O)NC(CO)C(O)CCCCCCCCCCCCC. The summed E-state index contributed by atoms with van der Waals surface area (Å²) in [6.07, 6.45) is 52.0. The Kier molecular flexibility index (Phi) is 43.6. The smallest absolute Gasteiger partial charge is 0.306 e. The van der Waals surface area contributed by atoms with Gasteiger partial charge in [-0.3, -0.25) is 9.59 Å². The number of unbranched alkanes of at least 4 members (excludes halogenated alkanes) is 26. The van der Waals surface area contributed by atoms with Crippen molar-refractivity contribution in [2.75, 3.05) is 6.61 Å². The molecule has 6 heteroatoms. The molecule has 0 rings (SSSR count). The normalized spacial score (nSPS) is 13.6. The number of amides is 1. The van der Waals surface area contributed by atoms with E-state index in [0.29, 0.717) is 19.3 Å². The Morgan fingerprint density at radius 3 is 1.44 bits per heavy atom. The fourth-order valence-corrected chi connectivity index (χ4v) is 7.50. The van der Waals surface area contributed by atoms with Crippen LogP contribution in [-0.2, 0) is 14.3 Å². The second kappa shape index (κ2) is 45.2. The molecule has 0 aromatic rings. The summed E-state index contributed by atoms with van der Waals surface area (Å²) in [5.41, 5.74) is 0. The molecule has 0 radical (unpaired) electrons. The summed E-state index contributed by atoms with van der Waals surface area (Å²) in [6.45, 7) is 6.36. The van der Waals surface area contributed by atoms with E-state index in [0.717, 1.165) is 83.5 Å². The predicted octanol–water partition coefficient (Wildman–Crippen LogP) is 14.5. The van der Waals surface area contributed by atoms with Crippen LogP contribution in [0.15, 0.2) is 36.5 Å². The molecule has 0 saturated heterocycles. The summed E-state index contributed by atoms with van der Waals surface area (Å²) in [5, 5.41) is 23.7. The average molecular weight is 802 g/mol. The van der Waals surface area contributed by atoms with Crippen LogP contribution >= 0.6 is 0 Å². The van der Waals surface area contributed by atoms with Crippen molar-refractivity contribution in [2.24, 2.45) is 0 Å². The van der Waals surface area contributed by atoms with Crippen LogP contribution in [0, 0.1) is 0 Å². The van der Waals surface area contributed by atoms with Crippen molar-refractivity contribution in [1.82, 2.24) is 5.32 Å². The monoisotopic (exact) mass is 802 g/mol. The first-order chi connectivity index (χ1) is 28.0. The number of nitrogens with one attached hydrogen (secondary N) is 1. The van der Waals surface area contributed by atoms with Gasteiger partial charge in [0, 0.05) is 6.42 Å². The maximum atomic E-state index is 13.2. The van der Waals surface area contributed by atoms with Crippen LogP contribution in [0.1, 0.15) is 252 Å². The number of hydrogen-bond acceptors (Lipinski definition) is 5. The molecular weight excluding hydrogens is 707 g/mol. The van der Waals surface area contributed by atoms with E-state index in [2.05, 4.69) is 62.5 Å². The van der Waals surface area contributed by atoms with Crippen LogP contribution in [0.2, 0.25) is 0 Å². The highest BCUT2D eigenvalue weighted by molar-refractivity contribution is 5.77. The lowest BCUT2D eigenvalue weighted by atomic mass is 10.0. The van der Waals surface area contributed by atoms with Crippen molar-refractivity contribution >= 4 is 11.9 Å². The second-order valence-corrected chi connectivity index (χ2v) is 16.8. The van der Waals surface area contributed by atoms with Crippen LogP contribution < -0.4 is 5.32 Å². The number of aliphatic hydroxyl groups excluding tert-OH is 2. The summed E-state index contributed by atoms with van der Waals surface area (Å²) >= 11 is 0. The van der Waals surface area contributed by atoms with Gasteiger partial charge in [-0.15, -0.1) is 0 Å². The molecule has 0 aromatic carbocycles. The van der Waals surface area contributed by atoms with Gasteiger partial charge in [0.2, 0.25) is 5.91 Å². The summed E-state index contributed by atoms with van der Waals surface area (Å²) < 4.78 is 5.91. The molecular formula is C51H95NO5. The van der Waals surface area contributed by atoms with Gasteiger partial charge < -0.3 is 20.3 Å². The maximum Gasteiger partial charge on any atom is 0.306 e. The highest BCUT2D eigenvalue weighted by atomic mass is 16.5. The van der Waals surface area contributed by atoms with Crippen molar-refractivity contribution in [1.29, 1.82) is 0 Å². The van der Waals surface area contributed by atoms with Crippen LogP contribution in [-0.4, -0.2) is 46.9 Å². The Bertz CT molecular complexity index is 946.